The maximum Gasteiger partial charge on any atom is 0.330 e. The Bertz CT molecular complexity index is 1050. The van der Waals surface area contributed by atoms with Crippen LogP contribution in [0.5, 0.6) is 0 Å². The highest BCUT2D eigenvalue weighted by atomic mass is 127. The first kappa shape index (κ1) is 126. The van der Waals surface area contributed by atoms with Crippen molar-refractivity contribution < 1.29 is 118 Å². The summed E-state index contributed by atoms with van der Waals surface area (Å²) in [6, 6.07) is 0. The molecule has 28 N–H and O–H groups in total. The van der Waals surface area contributed by atoms with Crippen LogP contribution in [0.3, 0.4) is 0 Å². The number of nitrogens with two attached hydrogens (primary N) is 9. The standard InChI is InChI=1S/C19H44N4O.2C8H20N2.C3H5ClO.3C3H7N.5CH4O3.2CH2O3.CH4.HI.2H2/c1-5-17(9-20)7-15(3)11-22-13-19(24)14-23-12-16(4)8-18(6-2)10-21;2*1-3-8(6-10)4-7(2)5-9;4-1-3-2-5-3;3*1-2-3-4;5*1-3-4-2;2*2-1-4-3;;;;/h15-19,22-24H,5-14,20-21H2,1-4H3;2*7-8H,3-6,9-10H2,1-2H3;3H,1-2H2;3*2H,1,3-4H2;5*2H,1H3;2*1,3H;1H4;3*1H. The third-order valence-corrected chi connectivity index (χ3v) is 11.0. The lowest BCUT2D eigenvalue weighted by molar-refractivity contribution is -0.479. The maximum absolute atomic E-state index is 10.1. The second-order valence-electron chi connectivity index (χ2n) is 18.1. The van der Waals surface area contributed by atoms with Crippen LogP contribution in [0.1, 0.15) is 117 Å². The van der Waals surface area contributed by atoms with Crippen molar-refractivity contribution in [1.82, 2.24) is 10.6 Å². The fourth-order valence-corrected chi connectivity index (χ4v) is 5.75. The minimum Gasteiger partial charge on any atom is -0.390 e. The Morgan fingerprint density at radius 2 is 0.670 bits per heavy atom. The van der Waals surface area contributed by atoms with Gasteiger partial charge in [0.15, 0.2) is 0 Å². The van der Waals surface area contributed by atoms with Crippen LogP contribution in [0.15, 0.2) is 38.0 Å². The molecule has 0 amide bonds. The predicted octanol–water partition coefficient (Wildman–Crippen LogP) is 5.68. The minimum absolute atomic E-state index is 0. The van der Waals surface area contributed by atoms with Crippen molar-refractivity contribution in [2.24, 2.45) is 98.9 Å². The van der Waals surface area contributed by atoms with Gasteiger partial charge in [0.05, 0.1) is 60.2 Å². The topological polar surface area (TPSA) is 578 Å². The Kier molecular flexibility index (Phi) is 183. The zero-order chi connectivity index (χ0) is 72.2. The number of epoxide rings is 1. The van der Waals surface area contributed by atoms with Gasteiger partial charge < -0.3 is 81.9 Å². The Morgan fingerprint density at radius 1 is 0.484 bits per heavy atom. The normalized spacial score (nSPS) is 13.3. The van der Waals surface area contributed by atoms with Gasteiger partial charge in [-0.3, -0.25) is 9.59 Å². The molecule has 36 heteroatoms. The number of aliphatic hydroxyl groups is 1. The number of hydrogen-bond acceptors (Lipinski definition) is 34. The van der Waals surface area contributed by atoms with Crippen LogP contribution in [0, 0.1) is 47.3 Å². The number of carbonyl (C=O) groups excluding carboxylic acids is 2. The van der Waals surface area contributed by atoms with Crippen molar-refractivity contribution in [2.75, 3.05) is 133 Å². The molecule has 91 heavy (non-hydrogen) atoms. The summed E-state index contributed by atoms with van der Waals surface area (Å²) in [5.41, 5.74) is 48.3. The summed E-state index contributed by atoms with van der Waals surface area (Å²) in [6.07, 6.45) is 14.4. The van der Waals surface area contributed by atoms with Gasteiger partial charge in [-0.25, -0.2) is 61.2 Å². The number of nitrogens with one attached hydrogen (secondary N) is 2. The molecule has 9 atom stereocenters. The van der Waals surface area contributed by atoms with E-state index in [1.165, 1.54) is 61.2 Å². The first-order chi connectivity index (χ1) is 42.5. The molecule has 1 saturated heterocycles. The summed E-state index contributed by atoms with van der Waals surface area (Å²) in [5, 5.41) is 81.8. The SMILES string of the molecule is C.C=CCN.C=CCN.C=CCN.CCC(CN)CC(C)CN.CCC(CN)CC(C)CN.CCC(CN)CC(C)CNCC(O)CNCC(C)CC(CC)CN.COOO.COOO.COOO.COOO.COOO.ClCC1CO1.I.O=COO.O=COO.[HH].[HH]. The van der Waals surface area contributed by atoms with E-state index in [-0.39, 0.29) is 53.3 Å². The quantitative estimate of drug-likeness (QED) is 0.00677. The van der Waals surface area contributed by atoms with E-state index >= 15 is 0 Å². The predicted molar refractivity (Wildman–Crippen MR) is 374 cm³/mol. The van der Waals surface area contributed by atoms with Gasteiger partial charge in [0.2, 0.25) is 0 Å². The molecule has 9 unspecified atom stereocenters. The molecule has 0 aromatic carbocycles. The molecule has 1 aliphatic heterocycles. The molecule has 1 rings (SSSR count). The van der Waals surface area contributed by atoms with Crippen LogP contribution >= 0.6 is 35.6 Å². The molecule has 0 radical (unpaired) electrons. The second kappa shape index (κ2) is 132. The van der Waals surface area contributed by atoms with Crippen LogP contribution < -0.4 is 62.2 Å². The fourth-order valence-electron chi connectivity index (χ4n) is 5.58. The lowest BCUT2D eigenvalue weighted by Crippen LogP contribution is -2.38. The Labute approximate surface area is 571 Å². The first-order valence-corrected chi connectivity index (χ1v) is 29.2. The third-order valence-electron chi connectivity index (χ3n) is 10.7. The van der Waals surface area contributed by atoms with Crippen molar-refractivity contribution in [3.63, 3.8) is 0 Å². The zero-order valence-electron chi connectivity index (χ0n) is 56.7. The molecular weight excluding hydrogens is 1350 g/mol. The summed E-state index contributed by atoms with van der Waals surface area (Å²) in [4.78, 5) is 41.1. The molecule has 0 bridgehead atoms. The van der Waals surface area contributed by atoms with Gasteiger partial charge in [-0.05, 0) is 125 Å². The smallest absolute Gasteiger partial charge is 0.330 e. The highest BCUT2D eigenvalue weighted by molar-refractivity contribution is 14.0. The molecule has 0 aromatic heterocycles. The van der Waals surface area contributed by atoms with E-state index in [0.29, 0.717) is 92.1 Å². The van der Waals surface area contributed by atoms with Crippen molar-refractivity contribution >= 4 is 48.5 Å². The van der Waals surface area contributed by atoms with Crippen LogP contribution in [0.2, 0.25) is 0 Å². The molecule has 570 valence electrons. The van der Waals surface area contributed by atoms with Crippen molar-refractivity contribution in [2.45, 2.75) is 126 Å². The lowest BCUT2D eigenvalue weighted by Gasteiger charge is -2.21. The average molecular weight is 1490 g/mol. The number of alkyl halides is 1. The van der Waals surface area contributed by atoms with Crippen LogP contribution in [0.25, 0.3) is 0 Å². The molecule has 1 fully saturated rings. The highest BCUT2D eigenvalue weighted by Gasteiger charge is 2.19. The molecule has 0 aliphatic carbocycles. The van der Waals surface area contributed by atoms with Crippen molar-refractivity contribution in [3.05, 3.63) is 38.0 Å². The van der Waals surface area contributed by atoms with E-state index < -0.39 is 0 Å². The number of carbonyl (C=O) groups is 2. The molecule has 0 aromatic rings. The third kappa shape index (κ3) is 175. The van der Waals surface area contributed by atoms with E-state index in [0.717, 1.165) is 84.6 Å². The Morgan fingerprint density at radius 3 is 0.769 bits per heavy atom. The molecule has 34 nitrogen and oxygen atoms in total. The van der Waals surface area contributed by atoms with Gasteiger partial charge in [0.25, 0.3) is 0 Å². The summed E-state index contributed by atoms with van der Waals surface area (Å²) >= 11 is 5.27. The molecule has 0 spiro atoms. The van der Waals surface area contributed by atoms with Crippen molar-refractivity contribution in [3.8, 4) is 0 Å². The van der Waals surface area contributed by atoms with E-state index in [9.17, 15) is 5.11 Å². The monoisotopic (exact) mass is 1490 g/mol. The van der Waals surface area contributed by atoms with Crippen LogP contribution in [0.4, 0.5) is 0 Å². The Hall–Kier alpha value is -2.02. The number of halogens is 2. The van der Waals surface area contributed by atoms with Gasteiger partial charge in [-0.15, -0.1) is 55.3 Å². The molecular formula is C55H143ClIN11O23. The molecule has 1 heterocycles. The Balaban J connectivity index is -0.0000000478. The van der Waals surface area contributed by atoms with E-state index in [1.54, 1.807) is 18.2 Å². The number of ether oxygens (including phenoxy) is 1. The van der Waals surface area contributed by atoms with Gasteiger partial charge in [-0.1, -0.05) is 132 Å². The van der Waals surface area contributed by atoms with Gasteiger partial charge in [0, 0.05) is 35.6 Å². The summed E-state index contributed by atoms with van der Waals surface area (Å²) < 4.78 is 4.73. The lowest BCUT2D eigenvalue weighted by atomic mass is 9.93. The average Bonchev–Trinajstić information content (AvgIpc) is 4.06. The fraction of sp³-hybridized carbons (Fsp3) is 0.855. The number of rotatable bonds is 37. The largest absolute Gasteiger partial charge is 0.390 e. The second-order valence-corrected chi connectivity index (χ2v) is 18.4. The number of aliphatic hydroxyl groups excluding tert-OH is 1. The first-order valence-electron chi connectivity index (χ1n) is 28.6. The van der Waals surface area contributed by atoms with Gasteiger partial charge in [0.1, 0.15) is 0 Å². The number of hydrogen-bond donors (Lipinski definition) is 19. The minimum atomic E-state index is -0.336. The summed E-state index contributed by atoms with van der Waals surface area (Å²) in [6.45, 7) is 38.1. The highest BCUT2D eigenvalue weighted by Crippen LogP contribution is 2.16. The summed E-state index contributed by atoms with van der Waals surface area (Å²) in [7, 11) is 6.04. The summed E-state index contributed by atoms with van der Waals surface area (Å²) in [5.74, 6) is 5.73. The van der Waals surface area contributed by atoms with E-state index in [4.69, 9.17) is 114 Å². The van der Waals surface area contributed by atoms with Crippen LogP contribution in [-0.4, -0.2) is 200 Å². The van der Waals surface area contributed by atoms with Crippen molar-refractivity contribution in [1.29, 1.82) is 0 Å². The molecule has 0 saturated carbocycles. The van der Waals surface area contributed by atoms with E-state index in [2.05, 4.69) is 145 Å². The van der Waals surface area contributed by atoms with Gasteiger partial charge in [-0.2, -0.15) is 0 Å². The molecule has 1 aliphatic rings. The van der Waals surface area contributed by atoms with E-state index in [1.807, 2.05) is 0 Å². The maximum atomic E-state index is 10.1. The zero-order valence-corrected chi connectivity index (χ0v) is 59.8. The van der Waals surface area contributed by atoms with Crippen LogP contribution in [-0.2, 0) is 73.7 Å². The van der Waals surface area contributed by atoms with Gasteiger partial charge >= 0.3 is 12.9 Å².